The number of para-hydroxylation sites is 1. The Morgan fingerprint density at radius 2 is 2.00 bits per heavy atom. The molecule has 0 aliphatic carbocycles. The second-order valence-corrected chi connectivity index (χ2v) is 4.95. The third kappa shape index (κ3) is 2.85. The van der Waals surface area contributed by atoms with Gasteiger partial charge in [0.1, 0.15) is 5.76 Å². The van der Waals surface area contributed by atoms with Crippen LogP contribution >= 0.6 is 0 Å². The Hall–Kier alpha value is -2.47. The van der Waals surface area contributed by atoms with Gasteiger partial charge in [0.05, 0.1) is 24.5 Å². The molecule has 6 nitrogen and oxygen atoms in total. The maximum Gasteiger partial charge on any atom is 0.173 e. The quantitative estimate of drug-likeness (QED) is 0.720. The van der Waals surface area contributed by atoms with Crippen molar-refractivity contribution in [1.82, 2.24) is 25.1 Å². The summed E-state index contributed by atoms with van der Waals surface area (Å²) in [4.78, 5) is 2.14. The third-order valence-electron chi connectivity index (χ3n) is 3.51. The zero-order valence-corrected chi connectivity index (χ0v) is 12.0. The van der Waals surface area contributed by atoms with Crippen molar-refractivity contribution < 1.29 is 4.42 Å². The third-order valence-corrected chi connectivity index (χ3v) is 3.51. The lowest BCUT2D eigenvalue weighted by atomic mass is 10.2. The predicted molar refractivity (Wildman–Crippen MR) is 77.7 cm³/mol. The Bertz CT molecular complexity index is 677. The molecule has 0 radical (unpaired) electrons. The second-order valence-electron chi connectivity index (χ2n) is 4.95. The summed E-state index contributed by atoms with van der Waals surface area (Å²) in [6, 6.07) is 13.8. The molecule has 2 aromatic heterocycles. The van der Waals surface area contributed by atoms with Crippen molar-refractivity contribution in [2.75, 3.05) is 7.05 Å². The van der Waals surface area contributed by atoms with Gasteiger partial charge in [-0.05, 0) is 48.7 Å². The summed E-state index contributed by atoms with van der Waals surface area (Å²) in [6.07, 6.45) is 1.68. The molecule has 1 atom stereocenters. The zero-order chi connectivity index (χ0) is 14.7. The molecule has 1 aromatic carbocycles. The molecule has 3 rings (SSSR count). The van der Waals surface area contributed by atoms with Crippen LogP contribution in [0.5, 0.6) is 0 Å². The molecule has 0 aliphatic heterocycles. The van der Waals surface area contributed by atoms with Crippen LogP contribution in [0.15, 0.2) is 53.1 Å². The molecule has 0 amide bonds. The smallest absolute Gasteiger partial charge is 0.173 e. The normalized spacial score (nSPS) is 12.7. The summed E-state index contributed by atoms with van der Waals surface area (Å²) in [7, 11) is 2.02. The second kappa shape index (κ2) is 5.88. The standard InChI is InChI=1S/C15H17N5O/c1-12(19(2)11-14-9-6-10-21-14)15-16-17-18-20(15)13-7-4-3-5-8-13/h3-10,12H,11H2,1-2H3/t12-/m1/s1. The number of aromatic nitrogens is 4. The fraction of sp³-hybridized carbons (Fsp3) is 0.267. The Morgan fingerprint density at radius 1 is 1.19 bits per heavy atom. The molecule has 0 unspecified atom stereocenters. The Balaban J connectivity index is 1.82. The minimum absolute atomic E-state index is 0.0605. The monoisotopic (exact) mass is 283 g/mol. The number of nitrogens with zero attached hydrogens (tertiary/aromatic N) is 5. The van der Waals surface area contributed by atoms with E-state index in [1.54, 1.807) is 10.9 Å². The first-order valence-corrected chi connectivity index (χ1v) is 6.82. The van der Waals surface area contributed by atoms with Crippen LogP contribution in [0, 0.1) is 0 Å². The molecule has 6 heteroatoms. The first kappa shape index (κ1) is 13.5. The van der Waals surface area contributed by atoms with Gasteiger partial charge >= 0.3 is 0 Å². The molecule has 0 fully saturated rings. The van der Waals surface area contributed by atoms with E-state index in [2.05, 4.69) is 27.3 Å². The van der Waals surface area contributed by atoms with Gasteiger partial charge in [-0.1, -0.05) is 18.2 Å². The minimum atomic E-state index is 0.0605. The highest BCUT2D eigenvalue weighted by molar-refractivity contribution is 5.30. The summed E-state index contributed by atoms with van der Waals surface area (Å²) in [5.41, 5.74) is 0.954. The molecule has 0 bridgehead atoms. The summed E-state index contributed by atoms with van der Waals surface area (Å²) in [6.45, 7) is 2.78. The van der Waals surface area contributed by atoms with Gasteiger partial charge in [-0.2, -0.15) is 4.68 Å². The van der Waals surface area contributed by atoms with Gasteiger partial charge in [0.25, 0.3) is 0 Å². The largest absolute Gasteiger partial charge is 0.468 e. The highest BCUT2D eigenvalue weighted by atomic mass is 16.3. The molecule has 0 aliphatic rings. The van der Waals surface area contributed by atoms with Crippen LogP contribution in [0.4, 0.5) is 0 Å². The maximum atomic E-state index is 5.39. The lowest BCUT2D eigenvalue weighted by Gasteiger charge is -2.22. The van der Waals surface area contributed by atoms with E-state index < -0.39 is 0 Å². The van der Waals surface area contributed by atoms with E-state index in [0.717, 1.165) is 17.3 Å². The first-order chi connectivity index (χ1) is 10.3. The SMILES string of the molecule is C[C@H](c1nnnn1-c1ccccc1)N(C)Cc1ccco1. The van der Waals surface area contributed by atoms with Crippen LogP contribution in [0.25, 0.3) is 5.69 Å². The summed E-state index contributed by atoms with van der Waals surface area (Å²) < 4.78 is 7.15. The molecule has 0 N–H and O–H groups in total. The average Bonchev–Trinajstić information content (AvgIpc) is 3.18. The van der Waals surface area contributed by atoms with Crippen LogP contribution in [-0.4, -0.2) is 32.2 Å². The van der Waals surface area contributed by atoms with Crippen molar-refractivity contribution in [3.63, 3.8) is 0 Å². The van der Waals surface area contributed by atoms with Crippen LogP contribution in [0.2, 0.25) is 0 Å². The Morgan fingerprint density at radius 3 is 2.71 bits per heavy atom. The number of tetrazole rings is 1. The van der Waals surface area contributed by atoms with E-state index in [4.69, 9.17) is 4.42 Å². The zero-order valence-electron chi connectivity index (χ0n) is 12.0. The predicted octanol–water partition coefficient (Wildman–Crippen LogP) is 2.45. The molecule has 21 heavy (non-hydrogen) atoms. The first-order valence-electron chi connectivity index (χ1n) is 6.82. The molecule has 3 aromatic rings. The van der Waals surface area contributed by atoms with E-state index in [1.165, 1.54) is 0 Å². The van der Waals surface area contributed by atoms with E-state index in [1.807, 2.05) is 49.5 Å². The molecule has 2 heterocycles. The Labute approximate surface area is 123 Å². The number of hydrogen-bond acceptors (Lipinski definition) is 5. The van der Waals surface area contributed by atoms with Crippen molar-refractivity contribution in [3.05, 3.63) is 60.3 Å². The molecular weight excluding hydrogens is 266 g/mol. The van der Waals surface area contributed by atoms with Crippen LogP contribution in [0.1, 0.15) is 24.6 Å². The molecule has 108 valence electrons. The van der Waals surface area contributed by atoms with Gasteiger partial charge < -0.3 is 4.42 Å². The topological polar surface area (TPSA) is 60.0 Å². The summed E-state index contributed by atoms with van der Waals surface area (Å²) >= 11 is 0. The van der Waals surface area contributed by atoms with Crippen LogP contribution in [-0.2, 0) is 6.54 Å². The van der Waals surface area contributed by atoms with Crippen molar-refractivity contribution >= 4 is 0 Å². The Kier molecular flexibility index (Phi) is 3.79. The van der Waals surface area contributed by atoms with Gasteiger partial charge in [-0.15, -0.1) is 5.10 Å². The van der Waals surface area contributed by atoms with Gasteiger partial charge in [0.15, 0.2) is 5.82 Å². The van der Waals surface area contributed by atoms with Crippen molar-refractivity contribution in [1.29, 1.82) is 0 Å². The fourth-order valence-electron chi connectivity index (χ4n) is 2.19. The lowest BCUT2D eigenvalue weighted by Crippen LogP contribution is -2.24. The summed E-state index contributed by atoms with van der Waals surface area (Å²) in [5, 5.41) is 12.1. The number of rotatable bonds is 5. The summed E-state index contributed by atoms with van der Waals surface area (Å²) in [5.74, 6) is 1.72. The highest BCUT2D eigenvalue weighted by Crippen LogP contribution is 2.20. The van der Waals surface area contributed by atoms with Crippen LogP contribution in [0.3, 0.4) is 0 Å². The minimum Gasteiger partial charge on any atom is -0.468 e. The van der Waals surface area contributed by atoms with E-state index >= 15 is 0 Å². The highest BCUT2D eigenvalue weighted by Gasteiger charge is 2.20. The van der Waals surface area contributed by atoms with Gasteiger partial charge in [0.2, 0.25) is 0 Å². The van der Waals surface area contributed by atoms with Crippen molar-refractivity contribution in [3.8, 4) is 5.69 Å². The molecular formula is C15H17N5O. The molecule has 0 saturated heterocycles. The van der Waals surface area contributed by atoms with Gasteiger partial charge in [-0.25, -0.2) is 0 Å². The number of hydrogen-bond donors (Lipinski definition) is 0. The fourth-order valence-corrected chi connectivity index (χ4v) is 2.19. The average molecular weight is 283 g/mol. The van der Waals surface area contributed by atoms with Gasteiger partial charge in [-0.3, -0.25) is 4.90 Å². The van der Waals surface area contributed by atoms with Crippen LogP contribution < -0.4 is 0 Å². The van der Waals surface area contributed by atoms with E-state index in [9.17, 15) is 0 Å². The molecule has 0 saturated carbocycles. The maximum absolute atomic E-state index is 5.39. The number of benzene rings is 1. The van der Waals surface area contributed by atoms with Crippen molar-refractivity contribution in [2.24, 2.45) is 0 Å². The molecule has 0 spiro atoms. The van der Waals surface area contributed by atoms with Crippen molar-refractivity contribution in [2.45, 2.75) is 19.5 Å². The van der Waals surface area contributed by atoms with E-state index in [0.29, 0.717) is 6.54 Å². The lowest BCUT2D eigenvalue weighted by molar-refractivity contribution is 0.222. The number of furan rings is 1. The van der Waals surface area contributed by atoms with Gasteiger partial charge in [0, 0.05) is 0 Å². The van der Waals surface area contributed by atoms with E-state index in [-0.39, 0.29) is 6.04 Å².